The summed E-state index contributed by atoms with van der Waals surface area (Å²) in [7, 11) is -4.58. The molecule has 3 nitrogen and oxygen atoms in total. The summed E-state index contributed by atoms with van der Waals surface area (Å²) in [6, 6.07) is 10.5. The number of thiophene rings is 1. The smallest absolute Gasteiger partial charge is 0.180 e. The normalized spacial score (nSPS) is 22.6. The van der Waals surface area contributed by atoms with E-state index < -0.39 is 25.9 Å². The number of rotatable bonds is 2. The highest BCUT2D eigenvalue weighted by atomic mass is 32.2. The van der Waals surface area contributed by atoms with E-state index in [0.717, 1.165) is 4.21 Å². The highest BCUT2D eigenvalue weighted by molar-refractivity contribution is 7.94. The fourth-order valence-corrected chi connectivity index (χ4v) is 7.10. The van der Waals surface area contributed by atoms with Crippen LogP contribution >= 0.6 is 11.3 Å². The Morgan fingerprint density at radius 2 is 1.94 bits per heavy atom. The lowest BCUT2D eigenvalue weighted by Gasteiger charge is -2.07. The van der Waals surface area contributed by atoms with Crippen LogP contribution in [-0.2, 0) is 20.6 Å². The second-order valence-electron chi connectivity index (χ2n) is 4.04. The topological polar surface area (TPSA) is 51.2 Å². The molecule has 1 aromatic carbocycles. The Morgan fingerprint density at radius 3 is 2.67 bits per heavy atom. The van der Waals surface area contributed by atoms with Crippen molar-refractivity contribution in [2.24, 2.45) is 0 Å². The minimum absolute atomic E-state index is 0.0587. The van der Waals surface area contributed by atoms with Crippen molar-refractivity contribution in [1.29, 1.82) is 0 Å². The Bertz CT molecular complexity index is 702. The van der Waals surface area contributed by atoms with Crippen LogP contribution in [0.3, 0.4) is 0 Å². The summed E-state index contributed by atoms with van der Waals surface area (Å²) in [4.78, 5) is 0.333. The van der Waals surface area contributed by atoms with Gasteiger partial charge in [-0.3, -0.25) is 4.21 Å². The Kier molecular flexibility index (Phi) is 2.88. The molecule has 0 fully saturated rings. The minimum Gasteiger partial charge on any atom is -0.253 e. The quantitative estimate of drug-likeness (QED) is 0.855. The van der Waals surface area contributed by atoms with Gasteiger partial charge < -0.3 is 0 Å². The van der Waals surface area contributed by atoms with Gasteiger partial charge in [0.2, 0.25) is 0 Å². The van der Waals surface area contributed by atoms with Gasteiger partial charge in [0.25, 0.3) is 0 Å². The lowest BCUT2D eigenvalue weighted by molar-refractivity contribution is 0.599. The van der Waals surface area contributed by atoms with Crippen molar-refractivity contribution in [3.8, 4) is 0 Å². The van der Waals surface area contributed by atoms with Gasteiger partial charge in [-0.2, -0.15) is 0 Å². The van der Waals surface area contributed by atoms with Crippen LogP contribution < -0.4 is 0 Å². The number of fused-ring (bicyclic) bond motifs is 1. The van der Waals surface area contributed by atoms with Gasteiger partial charge in [-0.1, -0.05) is 24.3 Å². The molecule has 0 spiro atoms. The maximum Gasteiger partial charge on any atom is 0.180 e. The summed E-state index contributed by atoms with van der Waals surface area (Å²) in [6.45, 7) is 0. The zero-order valence-electron chi connectivity index (χ0n) is 9.28. The van der Waals surface area contributed by atoms with Crippen LogP contribution in [0.5, 0.6) is 0 Å². The first-order valence-electron chi connectivity index (χ1n) is 5.35. The first-order chi connectivity index (χ1) is 8.59. The molecule has 0 saturated carbocycles. The number of sulfone groups is 1. The molecule has 0 aliphatic carbocycles. The first kappa shape index (κ1) is 12.1. The Labute approximate surface area is 112 Å². The number of hydrogen-bond donors (Lipinski definition) is 0. The van der Waals surface area contributed by atoms with E-state index in [1.54, 1.807) is 30.3 Å². The van der Waals surface area contributed by atoms with Crippen molar-refractivity contribution in [2.45, 2.75) is 14.4 Å². The van der Waals surface area contributed by atoms with E-state index in [4.69, 9.17) is 0 Å². The largest absolute Gasteiger partial charge is 0.253 e. The standard InChI is InChI=1S/C12H10O3S3/c13-17(12-6-3-7-16-12)10-8-18(14,15)11-5-2-1-4-9(10)11/h1-7,10H,8H2. The molecular weight excluding hydrogens is 288 g/mol. The summed E-state index contributed by atoms with van der Waals surface area (Å²) in [5.41, 5.74) is 0.684. The van der Waals surface area contributed by atoms with E-state index in [1.165, 1.54) is 11.3 Å². The molecule has 0 bridgehead atoms. The van der Waals surface area contributed by atoms with Crippen molar-refractivity contribution in [3.05, 3.63) is 47.3 Å². The third kappa shape index (κ3) is 1.84. The van der Waals surface area contributed by atoms with Gasteiger partial charge >= 0.3 is 0 Å². The molecule has 1 aliphatic rings. The van der Waals surface area contributed by atoms with Gasteiger partial charge in [-0.15, -0.1) is 11.3 Å². The van der Waals surface area contributed by atoms with E-state index in [0.29, 0.717) is 10.5 Å². The van der Waals surface area contributed by atoms with Crippen LogP contribution in [0.1, 0.15) is 10.8 Å². The summed E-state index contributed by atoms with van der Waals surface area (Å²) in [6.07, 6.45) is 0. The highest BCUT2D eigenvalue weighted by Gasteiger charge is 2.38. The minimum atomic E-state index is -3.28. The molecule has 2 aromatic rings. The van der Waals surface area contributed by atoms with Crippen LogP contribution in [0.4, 0.5) is 0 Å². The van der Waals surface area contributed by atoms with Gasteiger partial charge in [0.05, 0.1) is 30.9 Å². The van der Waals surface area contributed by atoms with E-state index in [2.05, 4.69) is 0 Å². The van der Waals surface area contributed by atoms with Gasteiger partial charge in [0.15, 0.2) is 9.84 Å². The lowest BCUT2D eigenvalue weighted by Crippen LogP contribution is -2.08. The van der Waals surface area contributed by atoms with Gasteiger partial charge in [0.1, 0.15) is 0 Å². The van der Waals surface area contributed by atoms with Gasteiger partial charge in [0, 0.05) is 0 Å². The van der Waals surface area contributed by atoms with E-state index >= 15 is 0 Å². The molecule has 0 radical (unpaired) electrons. The van der Waals surface area contributed by atoms with Crippen LogP contribution in [-0.4, -0.2) is 18.4 Å². The van der Waals surface area contributed by atoms with Crippen molar-refractivity contribution in [1.82, 2.24) is 0 Å². The monoisotopic (exact) mass is 298 g/mol. The average molecular weight is 298 g/mol. The van der Waals surface area contributed by atoms with Gasteiger partial charge in [-0.05, 0) is 23.1 Å². The molecule has 6 heteroatoms. The van der Waals surface area contributed by atoms with Crippen LogP contribution in [0, 0.1) is 0 Å². The Balaban J connectivity index is 2.10. The summed E-state index contributed by atoms with van der Waals surface area (Å²) >= 11 is 1.40. The van der Waals surface area contributed by atoms with Crippen LogP contribution in [0.25, 0.3) is 0 Å². The third-order valence-electron chi connectivity index (χ3n) is 2.92. The fraction of sp³-hybridized carbons (Fsp3) is 0.167. The molecule has 1 aromatic heterocycles. The van der Waals surface area contributed by atoms with E-state index in [9.17, 15) is 12.6 Å². The number of hydrogen-bond acceptors (Lipinski definition) is 4. The second-order valence-corrected chi connectivity index (χ2v) is 8.85. The molecule has 94 valence electrons. The summed E-state index contributed by atoms with van der Waals surface area (Å²) in [5, 5.41) is 1.41. The predicted octanol–water partition coefficient (Wildman–Crippen LogP) is 2.38. The van der Waals surface area contributed by atoms with E-state index in [-0.39, 0.29) is 5.75 Å². The van der Waals surface area contributed by atoms with Crippen molar-refractivity contribution in [3.63, 3.8) is 0 Å². The van der Waals surface area contributed by atoms with Crippen molar-refractivity contribution in [2.75, 3.05) is 5.75 Å². The van der Waals surface area contributed by atoms with Crippen LogP contribution in [0.15, 0.2) is 50.9 Å². The molecule has 0 N–H and O–H groups in total. The first-order valence-corrected chi connectivity index (χ1v) is 9.10. The SMILES string of the molecule is O=S(c1cccs1)C1CS(=O)(=O)c2ccccc21. The van der Waals surface area contributed by atoms with Crippen LogP contribution in [0.2, 0.25) is 0 Å². The molecule has 2 atom stereocenters. The second kappa shape index (κ2) is 4.29. The molecule has 2 heterocycles. The zero-order valence-corrected chi connectivity index (χ0v) is 11.7. The molecule has 3 rings (SSSR count). The number of benzene rings is 1. The molecule has 2 unspecified atom stereocenters. The predicted molar refractivity (Wildman–Crippen MR) is 72.0 cm³/mol. The lowest BCUT2D eigenvalue weighted by atomic mass is 10.2. The Hall–Kier alpha value is -0.980. The van der Waals surface area contributed by atoms with Gasteiger partial charge in [-0.25, -0.2) is 8.42 Å². The maximum absolute atomic E-state index is 12.4. The average Bonchev–Trinajstić information content (AvgIpc) is 2.96. The molecule has 0 saturated heterocycles. The highest BCUT2D eigenvalue weighted by Crippen LogP contribution is 2.39. The molecule has 0 amide bonds. The fourth-order valence-electron chi connectivity index (χ4n) is 2.10. The third-order valence-corrected chi connectivity index (χ3v) is 7.86. The van der Waals surface area contributed by atoms with E-state index in [1.807, 2.05) is 11.4 Å². The molecule has 1 aliphatic heterocycles. The summed E-state index contributed by atoms with van der Waals surface area (Å²) < 4.78 is 37.2. The molecule has 18 heavy (non-hydrogen) atoms. The zero-order chi connectivity index (χ0) is 12.8. The van der Waals surface area contributed by atoms with Crippen molar-refractivity contribution >= 4 is 32.0 Å². The van der Waals surface area contributed by atoms with Crippen molar-refractivity contribution < 1.29 is 12.6 Å². The Morgan fingerprint density at radius 1 is 1.17 bits per heavy atom. The maximum atomic E-state index is 12.4. The summed E-state index contributed by atoms with van der Waals surface area (Å²) in [5.74, 6) is -0.0587. The molecular formula is C12H10O3S3.